The van der Waals surface area contributed by atoms with Gasteiger partial charge in [-0.05, 0) is 33.3 Å². The normalized spacial score (nSPS) is 23.7. The molecule has 0 bridgehead atoms. The van der Waals surface area contributed by atoms with Crippen LogP contribution in [0, 0.1) is 5.82 Å². The van der Waals surface area contributed by atoms with E-state index in [2.05, 4.69) is 0 Å². The van der Waals surface area contributed by atoms with Gasteiger partial charge < -0.3 is 14.0 Å². The average molecular weight is 264 g/mol. The second kappa shape index (κ2) is 4.04. The summed E-state index contributed by atoms with van der Waals surface area (Å²) in [6, 6.07) is 3.64. The summed E-state index contributed by atoms with van der Waals surface area (Å²) in [4.78, 5) is 0. The van der Waals surface area contributed by atoms with Crippen LogP contribution >= 0.6 is 0 Å². The zero-order valence-corrected chi connectivity index (χ0v) is 11.7. The molecular weight excluding hydrogens is 246 g/mol. The van der Waals surface area contributed by atoms with Crippen molar-refractivity contribution >= 4 is 12.6 Å². The fourth-order valence-corrected chi connectivity index (χ4v) is 2.39. The van der Waals surface area contributed by atoms with Crippen LogP contribution in [0.1, 0.15) is 38.8 Å². The van der Waals surface area contributed by atoms with Gasteiger partial charge in [-0.15, -0.1) is 0 Å². The maximum absolute atomic E-state index is 14.5. The third-order valence-electron chi connectivity index (χ3n) is 4.38. The molecular formula is C14H18BFO3. The lowest BCUT2D eigenvalue weighted by molar-refractivity contribution is 0.00578. The van der Waals surface area contributed by atoms with Gasteiger partial charge in [0.25, 0.3) is 0 Å². The van der Waals surface area contributed by atoms with Gasteiger partial charge in [0, 0.05) is 11.0 Å². The molecule has 0 N–H and O–H groups in total. The summed E-state index contributed by atoms with van der Waals surface area (Å²) in [6.45, 7) is 8.65. The first kappa shape index (κ1) is 13.1. The molecule has 0 unspecified atom stereocenters. The van der Waals surface area contributed by atoms with E-state index in [-0.39, 0.29) is 5.82 Å². The van der Waals surface area contributed by atoms with Crippen LogP contribution in [0.4, 0.5) is 4.39 Å². The number of fused-ring (bicyclic) bond motifs is 1. The fraction of sp³-hybridized carbons (Fsp3) is 0.571. The second-order valence-corrected chi connectivity index (χ2v) is 6.19. The molecule has 2 aliphatic rings. The summed E-state index contributed by atoms with van der Waals surface area (Å²) < 4.78 is 31.5. The molecule has 19 heavy (non-hydrogen) atoms. The Hall–Kier alpha value is -0.905. The molecule has 2 heterocycles. The minimum absolute atomic E-state index is 0.256. The first-order chi connectivity index (χ1) is 8.82. The van der Waals surface area contributed by atoms with E-state index >= 15 is 0 Å². The Morgan fingerprint density at radius 1 is 1.05 bits per heavy atom. The Morgan fingerprint density at radius 2 is 1.68 bits per heavy atom. The highest BCUT2D eigenvalue weighted by atomic mass is 19.1. The molecule has 0 saturated carbocycles. The zero-order chi connectivity index (χ0) is 13.8. The summed E-state index contributed by atoms with van der Waals surface area (Å²) in [5, 5.41) is 0. The molecule has 0 aliphatic carbocycles. The molecule has 3 rings (SSSR count). The van der Waals surface area contributed by atoms with Crippen LogP contribution in [0.3, 0.4) is 0 Å². The van der Waals surface area contributed by atoms with Crippen molar-refractivity contribution in [2.45, 2.75) is 52.1 Å². The lowest BCUT2D eigenvalue weighted by Crippen LogP contribution is -2.41. The van der Waals surface area contributed by atoms with E-state index in [1.807, 2.05) is 33.8 Å². The number of hydrogen-bond donors (Lipinski definition) is 0. The van der Waals surface area contributed by atoms with Gasteiger partial charge in [-0.25, -0.2) is 4.39 Å². The molecule has 1 fully saturated rings. The van der Waals surface area contributed by atoms with Crippen molar-refractivity contribution in [2.24, 2.45) is 0 Å². The van der Waals surface area contributed by atoms with E-state index in [0.717, 1.165) is 5.56 Å². The van der Waals surface area contributed by atoms with Crippen LogP contribution in [-0.2, 0) is 27.3 Å². The molecule has 1 aromatic rings. The highest BCUT2D eigenvalue weighted by Crippen LogP contribution is 2.37. The van der Waals surface area contributed by atoms with Crippen LogP contribution in [0.25, 0.3) is 0 Å². The van der Waals surface area contributed by atoms with E-state index in [1.165, 1.54) is 0 Å². The molecule has 0 aromatic heterocycles. The summed E-state index contributed by atoms with van der Waals surface area (Å²) in [5.74, 6) is -0.256. The van der Waals surface area contributed by atoms with Crippen molar-refractivity contribution in [1.82, 2.24) is 0 Å². The average Bonchev–Trinajstić information content (AvgIpc) is 2.83. The van der Waals surface area contributed by atoms with E-state index in [0.29, 0.717) is 24.2 Å². The number of ether oxygens (including phenoxy) is 1. The summed E-state index contributed by atoms with van der Waals surface area (Å²) in [5.41, 5.74) is 1.09. The third-order valence-corrected chi connectivity index (χ3v) is 4.38. The number of hydrogen-bond acceptors (Lipinski definition) is 3. The maximum Gasteiger partial charge on any atom is 0.497 e. The van der Waals surface area contributed by atoms with Crippen LogP contribution in [-0.4, -0.2) is 18.3 Å². The highest BCUT2D eigenvalue weighted by Gasteiger charge is 2.52. The molecule has 102 valence electrons. The topological polar surface area (TPSA) is 27.7 Å². The minimum atomic E-state index is -0.657. The van der Waals surface area contributed by atoms with Crippen LogP contribution in [0.15, 0.2) is 12.1 Å². The Morgan fingerprint density at radius 3 is 2.32 bits per heavy atom. The minimum Gasteiger partial charge on any atom is -0.399 e. The monoisotopic (exact) mass is 264 g/mol. The molecule has 0 radical (unpaired) electrons. The SMILES string of the molecule is CC1(C)OB(c2ccc3c(c2F)COC3)OC1(C)C. The first-order valence-electron chi connectivity index (χ1n) is 6.55. The van der Waals surface area contributed by atoms with E-state index in [9.17, 15) is 4.39 Å². The van der Waals surface area contributed by atoms with Gasteiger partial charge >= 0.3 is 7.12 Å². The largest absolute Gasteiger partial charge is 0.497 e. The van der Waals surface area contributed by atoms with Gasteiger partial charge in [-0.2, -0.15) is 0 Å². The van der Waals surface area contributed by atoms with E-state index in [4.69, 9.17) is 14.0 Å². The van der Waals surface area contributed by atoms with E-state index < -0.39 is 18.3 Å². The zero-order valence-electron chi connectivity index (χ0n) is 11.7. The Kier molecular flexibility index (Phi) is 2.79. The molecule has 0 atom stereocenters. The van der Waals surface area contributed by atoms with Crippen molar-refractivity contribution in [2.75, 3.05) is 0 Å². The Bertz CT molecular complexity index is 512. The molecule has 1 saturated heterocycles. The van der Waals surface area contributed by atoms with Gasteiger partial charge in [0.2, 0.25) is 0 Å². The number of benzene rings is 1. The summed E-state index contributed by atoms with van der Waals surface area (Å²) >= 11 is 0. The Labute approximate surface area is 113 Å². The van der Waals surface area contributed by atoms with Crippen molar-refractivity contribution in [1.29, 1.82) is 0 Å². The predicted molar refractivity (Wildman–Crippen MR) is 70.6 cm³/mol. The quantitative estimate of drug-likeness (QED) is 0.727. The van der Waals surface area contributed by atoms with Crippen molar-refractivity contribution < 1.29 is 18.4 Å². The Balaban J connectivity index is 1.97. The summed E-state index contributed by atoms with van der Waals surface area (Å²) in [6.07, 6.45) is 0. The lowest BCUT2D eigenvalue weighted by atomic mass is 9.77. The fourth-order valence-electron chi connectivity index (χ4n) is 2.39. The van der Waals surface area contributed by atoms with Gasteiger partial charge in [0.15, 0.2) is 0 Å². The smallest absolute Gasteiger partial charge is 0.399 e. The van der Waals surface area contributed by atoms with Crippen molar-refractivity contribution in [3.8, 4) is 0 Å². The first-order valence-corrected chi connectivity index (χ1v) is 6.55. The van der Waals surface area contributed by atoms with Gasteiger partial charge in [-0.1, -0.05) is 12.1 Å². The van der Waals surface area contributed by atoms with Crippen LogP contribution in [0.5, 0.6) is 0 Å². The number of rotatable bonds is 1. The predicted octanol–water partition coefficient (Wildman–Crippen LogP) is 2.16. The number of halogens is 1. The molecule has 0 amide bonds. The van der Waals surface area contributed by atoms with Crippen molar-refractivity contribution in [3.05, 3.63) is 29.1 Å². The molecule has 5 heteroatoms. The summed E-state index contributed by atoms with van der Waals surface area (Å²) in [7, 11) is -0.657. The molecule has 0 spiro atoms. The van der Waals surface area contributed by atoms with Gasteiger partial charge in [0.1, 0.15) is 5.82 Å². The maximum atomic E-state index is 14.5. The highest BCUT2D eigenvalue weighted by molar-refractivity contribution is 6.62. The van der Waals surface area contributed by atoms with Crippen molar-refractivity contribution in [3.63, 3.8) is 0 Å². The van der Waals surface area contributed by atoms with Gasteiger partial charge in [-0.3, -0.25) is 0 Å². The van der Waals surface area contributed by atoms with Crippen LogP contribution < -0.4 is 5.46 Å². The third kappa shape index (κ3) is 1.92. The lowest BCUT2D eigenvalue weighted by Gasteiger charge is -2.32. The molecule has 1 aromatic carbocycles. The standard InChI is InChI=1S/C14H18BFO3/c1-13(2)14(3,4)19-15(18-13)11-6-5-9-7-17-8-10(9)12(11)16/h5-6H,7-8H2,1-4H3. The molecule has 2 aliphatic heterocycles. The van der Waals surface area contributed by atoms with Crippen LogP contribution in [0.2, 0.25) is 0 Å². The van der Waals surface area contributed by atoms with E-state index in [1.54, 1.807) is 6.07 Å². The second-order valence-electron chi connectivity index (χ2n) is 6.19. The van der Waals surface area contributed by atoms with Gasteiger partial charge in [0.05, 0.1) is 24.4 Å². The molecule has 3 nitrogen and oxygen atoms in total.